The normalized spacial score (nSPS) is 40.3. The lowest BCUT2D eigenvalue weighted by atomic mass is 9.48. The number of aliphatic hydroxyl groups is 1. The van der Waals surface area contributed by atoms with Crippen LogP contribution in [-0.2, 0) is 4.79 Å². The summed E-state index contributed by atoms with van der Waals surface area (Å²) in [5.41, 5.74) is 1.10. The van der Waals surface area contributed by atoms with E-state index in [1.54, 1.807) is 24.3 Å². The summed E-state index contributed by atoms with van der Waals surface area (Å²) in [6.45, 7) is 4.58. The molecule has 0 saturated heterocycles. The van der Waals surface area contributed by atoms with Crippen LogP contribution in [0.5, 0.6) is 0 Å². The van der Waals surface area contributed by atoms with E-state index in [-0.39, 0.29) is 11.0 Å². The van der Waals surface area contributed by atoms with Crippen molar-refractivity contribution in [1.82, 2.24) is 0 Å². The molecule has 0 radical (unpaired) electrons. The van der Waals surface area contributed by atoms with E-state index in [1.165, 1.54) is 5.57 Å². The second-order valence-electron chi connectivity index (χ2n) is 10.8. The fourth-order valence-electron chi connectivity index (χ4n) is 7.68. The summed E-state index contributed by atoms with van der Waals surface area (Å²) in [5, 5.41) is 20.9. The molecule has 0 aromatic heterocycles. The van der Waals surface area contributed by atoms with Gasteiger partial charge in [-0.2, -0.15) is 0 Å². The highest BCUT2D eigenvalue weighted by atomic mass is 16.4. The predicted molar refractivity (Wildman–Crippen MR) is 122 cm³/mol. The highest BCUT2D eigenvalue weighted by Gasteiger charge is 2.63. The van der Waals surface area contributed by atoms with E-state index >= 15 is 0 Å². The quantitative estimate of drug-likeness (QED) is 0.622. The van der Waals surface area contributed by atoms with E-state index in [0.29, 0.717) is 48.2 Å². The Kier molecular flexibility index (Phi) is 5.09. The third-order valence-electron chi connectivity index (χ3n) is 9.34. The van der Waals surface area contributed by atoms with Crippen LogP contribution < -0.4 is 0 Å². The van der Waals surface area contributed by atoms with E-state index in [9.17, 15) is 14.7 Å². The van der Waals surface area contributed by atoms with Crippen LogP contribution in [0.25, 0.3) is 0 Å². The van der Waals surface area contributed by atoms with Gasteiger partial charge in [0.15, 0.2) is 5.78 Å². The Morgan fingerprint density at radius 2 is 1.88 bits per heavy atom. The molecule has 32 heavy (non-hydrogen) atoms. The Labute approximate surface area is 190 Å². The van der Waals surface area contributed by atoms with Crippen molar-refractivity contribution >= 4 is 11.8 Å². The molecule has 168 valence electrons. The van der Waals surface area contributed by atoms with Crippen molar-refractivity contribution in [3.05, 3.63) is 47.0 Å². The maximum atomic E-state index is 12.0. The summed E-state index contributed by atoms with van der Waals surface area (Å²) >= 11 is 0. The van der Waals surface area contributed by atoms with Crippen LogP contribution in [0.3, 0.4) is 0 Å². The standard InChI is InChI=1S/C28H32O4/c1-17-15-20-16-21(29)7-8-22(20)23-10-12-27(2)24(25(17)23)11-14-28(27,32)13-9-18-3-5-19(6-4-18)26(30)31/h3-6,16-17,22-25,32H,7-8,10-12,14-15H2,1-2H3,(H,30,31)/t17-,22?,23?,24?,25?,27+,28+/m1/s1. The third-order valence-corrected chi connectivity index (χ3v) is 9.34. The Balaban J connectivity index is 1.42. The van der Waals surface area contributed by atoms with Gasteiger partial charge in [0.05, 0.1) is 5.56 Å². The monoisotopic (exact) mass is 432 g/mol. The Morgan fingerprint density at radius 3 is 2.59 bits per heavy atom. The van der Waals surface area contributed by atoms with E-state index in [2.05, 4.69) is 25.7 Å². The van der Waals surface area contributed by atoms with Crippen molar-refractivity contribution in [3.63, 3.8) is 0 Å². The molecule has 4 aliphatic rings. The zero-order valence-electron chi connectivity index (χ0n) is 18.9. The zero-order chi connectivity index (χ0) is 22.7. The van der Waals surface area contributed by atoms with Crippen molar-refractivity contribution in [2.45, 2.75) is 64.4 Å². The number of rotatable bonds is 1. The first-order valence-corrected chi connectivity index (χ1v) is 12.0. The van der Waals surface area contributed by atoms with Crippen molar-refractivity contribution in [2.24, 2.45) is 35.0 Å². The number of ketones is 1. The topological polar surface area (TPSA) is 74.6 Å². The number of carboxylic acid groups (broad SMARTS) is 1. The van der Waals surface area contributed by atoms with Crippen molar-refractivity contribution in [3.8, 4) is 11.8 Å². The van der Waals surface area contributed by atoms with Crippen LogP contribution in [0.1, 0.15) is 74.7 Å². The maximum Gasteiger partial charge on any atom is 0.335 e. The summed E-state index contributed by atoms with van der Waals surface area (Å²) < 4.78 is 0. The van der Waals surface area contributed by atoms with E-state index in [0.717, 1.165) is 37.7 Å². The van der Waals surface area contributed by atoms with Gasteiger partial charge in [-0.15, -0.1) is 0 Å². The van der Waals surface area contributed by atoms with E-state index < -0.39 is 11.6 Å². The molecule has 0 aliphatic heterocycles. The summed E-state index contributed by atoms with van der Waals surface area (Å²) in [4.78, 5) is 23.1. The van der Waals surface area contributed by atoms with Gasteiger partial charge in [-0.1, -0.05) is 31.3 Å². The molecule has 1 aromatic carbocycles. The molecule has 4 heteroatoms. The Bertz CT molecular complexity index is 1040. The van der Waals surface area contributed by atoms with E-state index in [1.807, 2.05) is 6.08 Å². The molecule has 0 heterocycles. The first-order chi connectivity index (χ1) is 15.2. The zero-order valence-corrected chi connectivity index (χ0v) is 18.9. The highest BCUT2D eigenvalue weighted by molar-refractivity contribution is 5.91. The van der Waals surface area contributed by atoms with Crippen molar-refractivity contribution < 1.29 is 19.8 Å². The number of benzene rings is 1. The minimum Gasteiger partial charge on any atom is -0.478 e. The van der Waals surface area contributed by atoms with Gasteiger partial charge >= 0.3 is 5.97 Å². The third kappa shape index (κ3) is 3.25. The minimum absolute atomic E-state index is 0.234. The first-order valence-electron chi connectivity index (χ1n) is 12.0. The average molecular weight is 433 g/mol. The molecular weight excluding hydrogens is 400 g/mol. The molecule has 0 amide bonds. The number of carbonyl (C=O) groups is 2. The fraction of sp³-hybridized carbons (Fsp3) is 0.571. The average Bonchev–Trinajstić information content (AvgIpc) is 3.03. The number of allylic oxidation sites excluding steroid dienone is 1. The molecule has 4 aliphatic carbocycles. The second-order valence-corrected chi connectivity index (χ2v) is 10.8. The number of aromatic carboxylic acids is 1. The summed E-state index contributed by atoms with van der Waals surface area (Å²) in [6.07, 6.45) is 8.39. The molecule has 3 fully saturated rings. The first kappa shape index (κ1) is 21.5. The van der Waals surface area contributed by atoms with Gasteiger partial charge in [-0.3, -0.25) is 4.79 Å². The molecule has 4 unspecified atom stereocenters. The molecule has 3 saturated carbocycles. The summed E-state index contributed by atoms with van der Waals surface area (Å²) in [7, 11) is 0. The van der Waals surface area contributed by atoms with Gasteiger partial charge in [0.25, 0.3) is 0 Å². The Hall–Kier alpha value is -2.38. The van der Waals surface area contributed by atoms with E-state index in [4.69, 9.17) is 5.11 Å². The predicted octanol–water partition coefficient (Wildman–Crippen LogP) is 4.86. The maximum absolute atomic E-state index is 12.0. The molecule has 0 bridgehead atoms. The molecule has 0 spiro atoms. The lowest BCUT2D eigenvalue weighted by molar-refractivity contribution is -0.117. The lowest BCUT2D eigenvalue weighted by Gasteiger charge is -2.56. The van der Waals surface area contributed by atoms with Crippen LogP contribution >= 0.6 is 0 Å². The molecule has 5 rings (SSSR count). The summed E-state index contributed by atoms with van der Waals surface area (Å²) in [5.74, 6) is 8.45. The van der Waals surface area contributed by atoms with Crippen LogP contribution in [-0.4, -0.2) is 27.6 Å². The fourth-order valence-corrected chi connectivity index (χ4v) is 7.68. The number of carbonyl (C=O) groups excluding carboxylic acids is 1. The van der Waals surface area contributed by atoms with Crippen LogP contribution in [0.4, 0.5) is 0 Å². The summed E-state index contributed by atoms with van der Waals surface area (Å²) in [6, 6.07) is 6.55. The molecule has 2 N–H and O–H groups in total. The molecular formula is C28H32O4. The molecule has 7 atom stereocenters. The van der Waals surface area contributed by atoms with Gasteiger partial charge in [-0.05, 0) is 98.5 Å². The van der Waals surface area contributed by atoms with Gasteiger partial charge in [-0.25, -0.2) is 4.79 Å². The van der Waals surface area contributed by atoms with Gasteiger partial charge < -0.3 is 10.2 Å². The van der Waals surface area contributed by atoms with Crippen LogP contribution in [0, 0.1) is 46.8 Å². The minimum atomic E-state index is -1.02. The number of hydrogen-bond acceptors (Lipinski definition) is 3. The second kappa shape index (κ2) is 7.59. The SMILES string of the molecule is C[C@@H]1CC2=CC(=O)CCC2C2CC[C@@]3(C)C(CC[C@@]3(O)C#Cc3ccc(C(=O)O)cc3)C21. The number of hydrogen-bond donors (Lipinski definition) is 2. The Morgan fingerprint density at radius 1 is 1.12 bits per heavy atom. The van der Waals surface area contributed by atoms with Crippen LogP contribution in [0.2, 0.25) is 0 Å². The van der Waals surface area contributed by atoms with Crippen molar-refractivity contribution in [1.29, 1.82) is 0 Å². The molecule has 1 aromatic rings. The van der Waals surface area contributed by atoms with Crippen LogP contribution in [0.15, 0.2) is 35.9 Å². The van der Waals surface area contributed by atoms with Crippen molar-refractivity contribution in [2.75, 3.05) is 0 Å². The highest BCUT2D eigenvalue weighted by Crippen LogP contribution is 2.65. The van der Waals surface area contributed by atoms with Gasteiger partial charge in [0, 0.05) is 17.4 Å². The lowest BCUT2D eigenvalue weighted by Crippen LogP contribution is -2.54. The van der Waals surface area contributed by atoms with Gasteiger partial charge in [0.2, 0.25) is 0 Å². The molecule has 4 nitrogen and oxygen atoms in total. The van der Waals surface area contributed by atoms with Gasteiger partial charge in [0.1, 0.15) is 5.60 Å². The number of carboxylic acids is 1. The smallest absolute Gasteiger partial charge is 0.335 e. The largest absolute Gasteiger partial charge is 0.478 e. The number of fused-ring (bicyclic) bond motifs is 5.